The Morgan fingerprint density at radius 2 is 1.85 bits per heavy atom. The fourth-order valence-corrected chi connectivity index (χ4v) is 4.10. The number of hydrazine groups is 1. The van der Waals surface area contributed by atoms with Gasteiger partial charge in [-0.05, 0) is 43.4 Å². The van der Waals surface area contributed by atoms with Gasteiger partial charge in [-0.15, -0.1) is 0 Å². The summed E-state index contributed by atoms with van der Waals surface area (Å²) in [4.78, 5) is 0. The molecule has 2 aliphatic carbocycles. The van der Waals surface area contributed by atoms with Gasteiger partial charge in [0, 0.05) is 11.0 Å². The van der Waals surface area contributed by atoms with Crippen molar-refractivity contribution < 1.29 is 4.74 Å². The van der Waals surface area contributed by atoms with E-state index in [1.54, 1.807) is 0 Å². The fraction of sp³-hybridized carbons (Fsp3) is 0.625. The van der Waals surface area contributed by atoms with Crippen molar-refractivity contribution in [1.82, 2.24) is 5.43 Å². The highest BCUT2D eigenvalue weighted by atomic mass is 32.2. The zero-order chi connectivity index (χ0) is 13.8. The van der Waals surface area contributed by atoms with E-state index >= 15 is 0 Å². The second-order valence-electron chi connectivity index (χ2n) is 5.85. The van der Waals surface area contributed by atoms with Crippen LogP contribution < -0.4 is 16.0 Å². The zero-order valence-corrected chi connectivity index (χ0v) is 12.7. The Kier molecular flexibility index (Phi) is 4.86. The molecule has 2 saturated carbocycles. The predicted octanol–water partition coefficient (Wildman–Crippen LogP) is 3.41. The number of rotatable bonds is 7. The van der Waals surface area contributed by atoms with E-state index in [2.05, 4.69) is 41.5 Å². The molecule has 2 aliphatic rings. The van der Waals surface area contributed by atoms with Gasteiger partial charge in [0.25, 0.3) is 0 Å². The van der Waals surface area contributed by atoms with Crippen LogP contribution in [-0.4, -0.2) is 17.1 Å². The van der Waals surface area contributed by atoms with Crippen molar-refractivity contribution in [1.29, 1.82) is 0 Å². The molecule has 3 N–H and O–H groups in total. The molecule has 1 unspecified atom stereocenters. The van der Waals surface area contributed by atoms with Crippen LogP contribution in [0.2, 0.25) is 0 Å². The fourth-order valence-electron chi connectivity index (χ4n) is 2.68. The molecule has 0 aromatic heterocycles. The van der Waals surface area contributed by atoms with Crippen LogP contribution in [0.3, 0.4) is 0 Å². The topological polar surface area (TPSA) is 47.3 Å². The summed E-state index contributed by atoms with van der Waals surface area (Å²) in [6, 6.07) is 8.64. The molecule has 1 aromatic rings. The molecule has 0 aliphatic heterocycles. The summed E-state index contributed by atoms with van der Waals surface area (Å²) in [5.74, 6) is 7.75. The monoisotopic (exact) mass is 292 g/mol. The first-order valence-corrected chi connectivity index (χ1v) is 8.74. The van der Waals surface area contributed by atoms with Crippen molar-refractivity contribution in [2.75, 3.05) is 5.75 Å². The second kappa shape index (κ2) is 6.83. The minimum atomic E-state index is 0.232. The van der Waals surface area contributed by atoms with Crippen molar-refractivity contribution in [2.45, 2.75) is 55.9 Å². The average molecular weight is 292 g/mol. The van der Waals surface area contributed by atoms with Gasteiger partial charge in [0.1, 0.15) is 5.75 Å². The molecule has 1 aromatic carbocycles. The van der Waals surface area contributed by atoms with Gasteiger partial charge in [-0.2, -0.15) is 11.8 Å². The van der Waals surface area contributed by atoms with Crippen LogP contribution in [0.4, 0.5) is 0 Å². The second-order valence-corrected chi connectivity index (χ2v) is 7.18. The Morgan fingerprint density at radius 1 is 1.15 bits per heavy atom. The summed E-state index contributed by atoms with van der Waals surface area (Å²) in [5, 5.41) is 0.836. The third-order valence-corrected chi connectivity index (χ3v) is 5.58. The third-order valence-electron chi connectivity index (χ3n) is 4.11. The summed E-state index contributed by atoms with van der Waals surface area (Å²) in [5.41, 5.74) is 4.20. The molecule has 3 nitrogen and oxygen atoms in total. The lowest BCUT2D eigenvalue weighted by Gasteiger charge is -2.18. The van der Waals surface area contributed by atoms with Gasteiger partial charge < -0.3 is 4.74 Å². The molecule has 0 amide bonds. The summed E-state index contributed by atoms with van der Waals surface area (Å²) < 4.78 is 5.78. The molecular weight excluding hydrogens is 268 g/mol. The van der Waals surface area contributed by atoms with Crippen LogP contribution in [0.15, 0.2) is 24.3 Å². The van der Waals surface area contributed by atoms with Crippen LogP contribution >= 0.6 is 11.8 Å². The van der Waals surface area contributed by atoms with Crippen LogP contribution in [0.5, 0.6) is 5.75 Å². The van der Waals surface area contributed by atoms with E-state index in [9.17, 15) is 0 Å². The molecule has 3 rings (SSSR count). The van der Waals surface area contributed by atoms with Crippen LogP contribution in [-0.2, 0) is 0 Å². The summed E-state index contributed by atoms with van der Waals surface area (Å²) in [6.07, 6.45) is 8.39. The van der Waals surface area contributed by atoms with Gasteiger partial charge in [-0.25, -0.2) is 0 Å². The van der Waals surface area contributed by atoms with Gasteiger partial charge in [0.2, 0.25) is 0 Å². The average Bonchev–Trinajstić information content (AvgIpc) is 3.14. The predicted molar refractivity (Wildman–Crippen MR) is 84.9 cm³/mol. The van der Waals surface area contributed by atoms with Gasteiger partial charge in [0.05, 0.1) is 12.1 Å². The summed E-state index contributed by atoms with van der Waals surface area (Å²) >= 11 is 2.06. The Morgan fingerprint density at radius 3 is 2.45 bits per heavy atom. The quantitative estimate of drug-likeness (QED) is 0.597. The number of thioether (sulfide) groups is 1. The number of hydrogen-bond donors (Lipinski definition) is 2. The molecule has 1 atom stereocenters. The molecule has 0 bridgehead atoms. The van der Waals surface area contributed by atoms with Crippen molar-refractivity contribution in [3.63, 3.8) is 0 Å². The summed E-state index contributed by atoms with van der Waals surface area (Å²) in [7, 11) is 0. The van der Waals surface area contributed by atoms with E-state index in [-0.39, 0.29) is 6.04 Å². The van der Waals surface area contributed by atoms with Gasteiger partial charge >= 0.3 is 0 Å². The van der Waals surface area contributed by atoms with Crippen molar-refractivity contribution in [2.24, 2.45) is 5.84 Å². The minimum absolute atomic E-state index is 0.232. The zero-order valence-electron chi connectivity index (χ0n) is 11.9. The van der Waals surface area contributed by atoms with E-state index in [1.807, 2.05) is 0 Å². The lowest BCUT2D eigenvalue weighted by atomic mass is 10.1. The van der Waals surface area contributed by atoms with Gasteiger partial charge in [-0.3, -0.25) is 11.3 Å². The van der Waals surface area contributed by atoms with Gasteiger partial charge in [0.15, 0.2) is 0 Å². The first-order chi connectivity index (χ1) is 9.85. The number of ether oxygens (including phenoxy) is 1. The summed E-state index contributed by atoms with van der Waals surface area (Å²) in [6.45, 7) is 0. The first kappa shape index (κ1) is 14.2. The highest BCUT2D eigenvalue weighted by Crippen LogP contribution is 2.32. The van der Waals surface area contributed by atoms with Crippen molar-refractivity contribution in [3.8, 4) is 5.75 Å². The normalized spacial score (nSPS) is 21.1. The maximum absolute atomic E-state index is 5.78. The van der Waals surface area contributed by atoms with Crippen molar-refractivity contribution >= 4 is 11.8 Å². The number of benzene rings is 1. The van der Waals surface area contributed by atoms with Gasteiger partial charge in [-0.1, -0.05) is 25.0 Å². The number of hydrogen-bond acceptors (Lipinski definition) is 4. The molecule has 2 fully saturated rings. The first-order valence-electron chi connectivity index (χ1n) is 7.69. The van der Waals surface area contributed by atoms with E-state index in [0.717, 1.165) is 16.8 Å². The number of nitrogens with two attached hydrogens (primary N) is 1. The van der Waals surface area contributed by atoms with Crippen LogP contribution in [0.25, 0.3) is 0 Å². The Balaban J connectivity index is 1.53. The SMILES string of the molecule is NNC(CSC1CCCC1)c1ccc(OC2CC2)cc1. The Hall–Kier alpha value is -0.710. The van der Waals surface area contributed by atoms with E-state index in [4.69, 9.17) is 10.6 Å². The Labute approximate surface area is 125 Å². The molecule has 20 heavy (non-hydrogen) atoms. The van der Waals surface area contributed by atoms with E-state index in [0.29, 0.717) is 6.10 Å². The lowest BCUT2D eigenvalue weighted by molar-refractivity contribution is 0.303. The molecule has 0 heterocycles. The van der Waals surface area contributed by atoms with Crippen LogP contribution in [0.1, 0.15) is 50.1 Å². The minimum Gasteiger partial charge on any atom is -0.490 e. The standard InChI is InChI=1S/C16H24N2OS/c17-18-16(11-20-15-3-1-2-4-15)12-5-7-13(8-6-12)19-14-9-10-14/h5-8,14-16,18H,1-4,9-11,17H2. The molecule has 110 valence electrons. The van der Waals surface area contributed by atoms with Crippen molar-refractivity contribution in [3.05, 3.63) is 29.8 Å². The maximum atomic E-state index is 5.78. The smallest absolute Gasteiger partial charge is 0.119 e. The molecule has 0 radical (unpaired) electrons. The molecular formula is C16H24N2OS. The van der Waals surface area contributed by atoms with E-state index < -0.39 is 0 Å². The highest BCUT2D eigenvalue weighted by molar-refractivity contribution is 7.99. The number of nitrogens with one attached hydrogen (secondary N) is 1. The maximum Gasteiger partial charge on any atom is 0.119 e. The molecule has 0 saturated heterocycles. The molecule has 4 heteroatoms. The molecule has 0 spiro atoms. The Bertz CT molecular complexity index is 413. The third kappa shape index (κ3) is 3.90. The lowest BCUT2D eigenvalue weighted by Crippen LogP contribution is -2.30. The van der Waals surface area contributed by atoms with Crippen LogP contribution in [0, 0.1) is 0 Å². The highest BCUT2D eigenvalue weighted by Gasteiger charge is 2.23. The van der Waals surface area contributed by atoms with E-state index in [1.165, 1.54) is 44.1 Å². The largest absolute Gasteiger partial charge is 0.490 e.